The quantitative estimate of drug-likeness (QED) is 0.486. The van der Waals surface area contributed by atoms with Crippen LogP contribution in [0.5, 0.6) is 0 Å². The molecule has 1 saturated carbocycles. The molecule has 3 rings (SSSR count). The minimum Gasteiger partial charge on any atom is -0.478 e. The Morgan fingerprint density at radius 1 is 1.08 bits per heavy atom. The molecule has 0 spiro atoms. The maximum absolute atomic E-state index is 13.3. The Hall–Kier alpha value is -3.23. The lowest BCUT2D eigenvalue weighted by Crippen LogP contribution is -2.56. The van der Waals surface area contributed by atoms with Gasteiger partial charge >= 0.3 is 18.2 Å². The number of carbonyl (C=O) groups is 3. The molecule has 2 atom stereocenters. The van der Waals surface area contributed by atoms with E-state index in [9.17, 15) is 14.4 Å². The summed E-state index contributed by atoms with van der Waals surface area (Å²) >= 11 is 0. The number of carboxylic acids is 1. The van der Waals surface area contributed by atoms with Crippen molar-refractivity contribution in [2.75, 3.05) is 37.6 Å². The van der Waals surface area contributed by atoms with Gasteiger partial charge in [0.15, 0.2) is 0 Å². The number of hydrogen-bond donors (Lipinski definition) is 1. The zero-order chi connectivity index (χ0) is 27.4. The molecule has 204 valence electrons. The SMILES string of the molecule is C/C=C\C(C)(CN(CC1CC1)C(=O)OC(C)(C)C)OC(=O)N1CCN(c2ccc(C(=O)O)cc2)C[C@H]1C. The fraction of sp³-hybridized carbons (Fsp3) is 0.607. The van der Waals surface area contributed by atoms with Gasteiger partial charge in [-0.2, -0.15) is 0 Å². The van der Waals surface area contributed by atoms with E-state index >= 15 is 0 Å². The maximum atomic E-state index is 13.3. The van der Waals surface area contributed by atoms with Crippen LogP contribution in [0.4, 0.5) is 15.3 Å². The number of aromatic carboxylic acids is 1. The van der Waals surface area contributed by atoms with E-state index in [1.54, 1.807) is 34.1 Å². The topological polar surface area (TPSA) is 99.6 Å². The summed E-state index contributed by atoms with van der Waals surface area (Å²) < 4.78 is 11.7. The van der Waals surface area contributed by atoms with Crippen LogP contribution in [0.2, 0.25) is 0 Å². The standard InChI is InChI=1S/C28H41N3O6/c1-7-14-28(6,19-30(18-21-8-9-21)25(34)36-27(3,4)5)37-26(35)31-16-15-29(17-20(31)2)23-12-10-22(11-13-23)24(32)33/h7,10-14,20-21H,8-9,15-19H2,1-6H3,(H,32,33)/b14-7-/t20-,28?/m1/s1. The van der Waals surface area contributed by atoms with Crippen LogP contribution in [0, 0.1) is 5.92 Å². The van der Waals surface area contributed by atoms with Gasteiger partial charge in [0, 0.05) is 37.9 Å². The van der Waals surface area contributed by atoms with Crippen molar-refractivity contribution in [3.05, 3.63) is 42.0 Å². The number of allylic oxidation sites excluding steroid dienone is 1. The summed E-state index contributed by atoms with van der Waals surface area (Å²) in [4.78, 5) is 42.9. The molecular formula is C28H41N3O6. The molecule has 1 N–H and O–H groups in total. The summed E-state index contributed by atoms with van der Waals surface area (Å²) in [6.45, 7) is 13.6. The first-order chi connectivity index (χ1) is 17.3. The lowest BCUT2D eigenvalue weighted by molar-refractivity contribution is -0.0150. The van der Waals surface area contributed by atoms with Crippen LogP contribution >= 0.6 is 0 Å². The van der Waals surface area contributed by atoms with Crippen molar-refractivity contribution in [2.45, 2.75) is 71.6 Å². The average molecular weight is 516 g/mol. The summed E-state index contributed by atoms with van der Waals surface area (Å²) in [5.74, 6) is -0.505. The third-order valence-corrected chi connectivity index (χ3v) is 6.51. The van der Waals surface area contributed by atoms with Gasteiger partial charge in [-0.3, -0.25) is 0 Å². The monoisotopic (exact) mass is 515 g/mol. The highest BCUT2D eigenvalue weighted by atomic mass is 16.6. The summed E-state index contributed by atoms with van der Waals surface area (Å²) in [5, 5.41) is 9.13. The summed E-state index contributed by atoms with van der Waals surface area (Å²) in [6.07, 6.45) is 4.99. The molecule has 1 aliphatic heterocycles. The molecule has 1 aliphatic carbocycles. The Kier molecular flexibility index (Phi) is 8.76. The molecule has 2 amide bonds. The Bertz CT molecular complexity index is 998. The normalized spacial score (nSPS) is 19.9. The first-order valence-electron chi connectivity index (χ1n) is 13.0. The molecule has 1 aromatic rings. The summed E-state index contributed by atoms with van der Waals surface area (Å²) in [7, 11) is 0. The largest absolute Gasteiger partial charge is 0.478 e. The highest BCUT2D eigenvalue weighted by Gasteiger charge is 2.38. The third kappa shape index (κ3) is 8.13. The van der Waals surface area contributed by atoms with E-state index in [4.69, 9.17) is 14.6 Å². The van der Waals surface area contributed by atoms with Gasteiger partial charge in [0.25, 0.3) is 0 Å². The molecule has 1 unspecified atom stereocenters. The highest BCUT2D eigenvalue weighted by Crippen LogP contribution is 2.31. The van der Waals surface area contributed by atoms with E-state index in [1.807, 2.05) is 53.7 Å². The number of rotatable bonds is 8. The fourth-order valence-electron chi connectivity index (χ4n) is 4.53. The molecule has 9 heteroatoms. The molecule has 1 saturated heterocycles. The highest BCUT2D eigenvalue weighted by molar-refractivity contribution is 5.88. The van der Waals surface area contributed by atoms with Gasteiger partial charge in [0.1, 0.15) is 11.2 Å². The molecule has 9 nitrogen and oxygen atoms in total. The Morgan fingerprint density at radius 2 is 1.73 bits per heavy atom. The van der Waals surface area contributed by atoms with Gasteiger partial charge in [0.05, 0.1) is 12.1 Å². The van der Waals surface area contributed by atoms with E-state index in [0.29, 0.717) is 32.1 Å². The van der Waals surface area contributed by atoms with Crippen LogP contribution in [0.3, 0.4) is 0 Å². The summed E-state index contributed by atoms with van der Waals surface area (Å²) in [5.41, 5.74) is -0.474. The number of ether oxygens (including phenoxy) is 2. The predicted molar refractivity (Wildman–Crippen MR) is 142 cm³/mol. The number of anilines is 1. The van der Waals surface area contributed by atoms with Gasteiger partial charge in [0.2, 0.25) is 0 Å². The fourth-order valence-corrected chi connectivity index (χ4v) is 4.53. The average Bonchev–Trinajstić information content (AvgIpc) is 3.61. The van der Waals surface area contributed by atoms with Crippen molar-refractivity contribution in [3.8, 4) is 0 Å². The Labute approximate surface area is 220 Å². The predicted octanol–water partition coefficient (Wildman–Crippen LogP) is 5.01. The number of carbonyl (C=O) groups excluding carboxylic acids is 2. The minimum atomic E-state index is -1.01. The van der Waals surface area contributed by atoms with Crippen molar-refractivity contribution in [1.82, 2.24) is 9.80 Å². The number of benzene rings is 1. The molecule has 2 aliphatic rings. The number of hydrogen-bond acceptors (Lipinski definition) is 6. The zero-order valence-corrected chi connectivity index (χ0v) is 22.9. The smallest absolute Gasteiger partial charge is 0.411 e. The van der Waals surface area contributed by atoms with Crippen LogP contribution in [0.1, 0.15) is 64.7 Å². The van der Waals surface area contributed by atoms with Crippen molar-refractivity contribution in [3.63, 3.8) is 0 Å². The van der Waals surface area contributed by atoms with Crippen LogP contribution < -0.4 is 4.90 Å². The maximum Gasteiger partial charge on any atom is 0.411 e. The molecule has 1 aromatic carbocycles. The molecule has 2 fully saturated rings. The van der Waals surface area contributed by atoms with E-state index < -0.39 is 29.4 Å². The Morgan fingerprint density at radius 3 is 2.24 bits per heavy atom. The number of nitrogens with zero attached hydrogens (tertiary/aromatic N) is 3. The second-order valence-corrected chi connectivity index (χ2v) is 11.3. The Balaban J connectivity index is 1.66. The van der Waals surface area contributed by atoms with Crippen molar-refractivity contribution < 1.29 is 29.0 Å². The third-order valence-electron chi connectivity index (χ3n) is 6.51. The van der Waals surface area contributed by atoms with Gasteiger partial charge < -0.3 is 29.3 Å². The second kappa shape index (κ2) is 11.4. The van der Waals surface area contributed by atoms with Crippen LogP contribution in [-0.2, 0) is 9.47 Å². The molecular weight excluding hydrogens is 474 g/mol. The second-order valence-electron chi connectivity index (χ2n) is 11.3. The van der Waals surface area contributed by atoms with Crippen LogP contribution in [0.25, 0.3) is 0 Å². The van der Waals surface area contributed by atoms with Gasteiger partial charge in [-0.1, -0.05) is 6.08 Å². The van der Waals surface area contributed by atoms with Crippen molar-refractivity contribution in [1.29, 1.82) is 0 Å². The van der Waals surface area contributed by atoms with Crippen molar-refractivity contribution >= 4 is 23.8 Å². The van der Waals surface area contributed by atoms with Gasteiger partial charge in [-0.05, 0) is 90.6 Å². The van der Waals surface area contributed by atoms with E-state index in [-0.39, 0.29) is 18.2 Å². The number of carboxylic acid groups (broad SMARTS) is 1. The van der Waals surface area contributed by atoms with E-state index in [1.165, 1.54) is 0 Å². The molecule has 1 heterocycles. The summed E-state index contributed by atoms with van der Waals surface area (Å²) in [6, 6.07) is 6.63. The van der Waals surface area contributed by atoms with Gasteiger partial charge in [-0.25, -0.2) is 14.4 Å². The first-order valence-corrected chi connectivity index (χ1v) is 13.0. The van der Waals surface area contributed by atoms with Crippen molar-refractivity contribution in [2.24, 2.45) is 5.92 Å². The van der Waals surface area contributed by atoms with Crippen LogP contribution in [0.15, 0.2) is 36.4 Å². The lowest BCUT2D eigenvalue weighted by Gasteiger charge is -2.42. The van der Waals surface area contributed by atoms with Gasteiger partial charge in [-0.15, -0.1) is 0 Å². The molecule has 0 aromatic heterocycles. The molecule has 37 heavy (non-hydrogen) atoms. The van der Waals surface area contributed by atoms with E-state index in [0.717, 1.165) is 18.5 Å². The molecule has 0 bridgehead atoms. The zero-order valence-electron chi connectivity index (χ0n) is 22.9. The van der Waals surface area contributed by atoms with Crippen LogP contribution in [-0.4, -0.2) is 83.0 Å². The lowest BCUT2D eigenvalue weighted by atomic mass is 10.1. The van der Waals surface area contributed by atoms with E-state index in [2.05, 4.69) is 4.90 Å². The minimum absolute atomic E-state index is 0.122. The number of amides is 2. The molecule has 0 radical (unpaired) electrons. The first kappa shape index (κ1) is 28.3. The number of piperazine rings is 1.